The van der Waals surface area contributed by atoms with Crippen LogP contribution in [0.4, 0.5) is 4.79 Å². The molecule has 140 valence electrons. The maximum Gasteiger partial charge on any atom is 0.410 e. The Labute approximate surface area is 151 Å². The molecule has 0 aromatic carbocycles. The molecule has 0 bridgehead atoms. The number of guanidine groups is 1. The molecule has 0 spiro atoms. The van der Waals surface area contributed by atoms with Crippen LogP contribution in [0.3, 0.4) is 0 Å². The zero-order valence-electron chi connectivity index (χ0n) is 15.9. The molecule has 0 aromatic rings. The molecule has 6 nitrogen and oxygen atoms in total. The van der Waals surface area contributed by atoms with Gasteiger partial charge in [-0.3, -0.25) is 4.99 Å². The van der Waals surface area contributed by atoms with E-state index in [9.17, 15) is 4.79 Å². The predicted molar refractivity (Wildman–Crippen MR) is 103 cm³/mol. The van der Waals surface area contributed by atoms with E-state index in [2.05, 4.69) is 21.9 Å². The van der Waals surface area contributed by atoms with Crippen LogP contribution < -0.4 is 10.6 Å². The zero-order chi connectivity index (χ0) is 18.0. The molecule has 24 heavy (non-hydrogen) atoms. The SMILES string of the molecule is CN=C(NCCCCSC)NCCN(C(=O)OC(C)(C)C)C1CC1. The lowest BCUT2D eigenvalue weighted by molar-refractivity contribution is 0.0238. The van der Waals surface area contributed by atoms with Crippen molar-refractivity contribution < 1.29 is 9.53 Å². The largest absolute Gasteiger partial charge is 0.444 e. The summed E-state index contributed by atoms with van der Waals surface area (Å²) in [5, 5.41) is 6.58. The molecule has 0 radical (unpaired) electrons. The summed E-state index contributed by atoms with van der Waals surface area (Å²) >= 11 is 1.88. The quantitative estimate of drug-likeness (QED) is 0.377. The number of hydrogen-bond acceptors (Lipinski definition) is 4. The Morgan fingerprint density at radius 1 is 1.25 bits per heavy atom. The summed E-state index contributed by atoms with van der Waals surface area (Å²) in [5.41, 5.74) is -0.452. The Hall–Kier alpha value is -1.11. The third-order valence-corrected chi connectivity index (χ3v) is 4.25. The Bertz CT molecular complexity index is 406. The number of carbonyl (C=O) groups is 1. The van der Waals surface area contributed by atoms with Gasteiger partial charge in [-0.1, -0.05) is 0 Å². The molecule has 1 saturated carbocycles. The number of rotatable bonds is 9. The number of aliphatic imine (C=N–C) groups is 1. The summed E-state index contributed by atoms with van der Waals surface area (Å²) in [7, 11) is 1.77. The number of unbranched alkanes of at least 4 members (excludes halogenated alkanes) is 1. The summed E-state index contributed by atoms with van der Waals surface area (Å²) in [4.78, 5) is 18.3. The third kappa shape index (κ3) is 9.25. The normalized spacial score (nSPS) is 15.1. The van der Waals surface area contributed by atoms with Crippen LogP contribution >= 0.6 is 11.8 Å². The van der Waals surface area contributed by atoms with Crippen LogP contribution in [0.15, 0.2) is 4.99 Å². The van der Waals surface area contributed by atoms with Crippen molar-refractivity contribution in [3.8, 4) is 0 Å². The van der Waals surface area contributed by atoms with Crippen LogP contribution in [0, 0.1) is 0 Å². The molecule has 1 fully saturated rings. The highest BCUT2D eigenvalue weighted by Gasteiger charge is 2.34. The van der Waals surface area contributed by atoms with Crippen LogP contribution in [-0.4, -0.2) is 67.3 Å². The minimum Gasteiger partial charge on any atom is -0.444 e. The highest BCUT2D eigenvalue weighted by molar-refractivity contribution is 7.98. The van der Waals surface area contributed by atoms with Crippen molar-refractivity contribution in [3.63, 3.8) is 0 Å². The van der Waals surface area contributed by atoms with E-state index in [4.69, 9.17) is 4.74 Å². The van der Waals surface area contributed by atoms with Gasteiger partial charge in [0.25, 0.3) is 0 Å². The van der Waals surface area contributed by atoms with Crippen LogP contribution in [-0.2, 0) is 4.74 Å². The fraction of sp³-hybridized carbons (Fsp3) is 0.882. The van der Waals surface area contributed by atoms with E-state index in [1.165, 1.54) is 12.2 Å². The van der Waals surface area contributed by atoms with Crippen molar-refractivity contribution in [1.82, 2.24) is 15.5 Å². The molecule has 1 amide bonds. The zero-order valence-corrected chi connectivity index (χ0v) is 16.7. The molecule has 0 aliphatic heterocycles. The van der Waals surface area contributed by atoms with E-state index in [0.717, 1.165) is 31.8 Å². The van der Waals surface area contributed by atoms with Gasteiger partial charge in [-0.2, -0.15) is 11.8 Å². The van der Waals surface area contributed by atoms with Gasteiger partial charge in [0.1, 0.15) is 5.60 Å². The molecule has 1 aliphatic rings. The van der Waals surface area contributed by atoms with Gasteiger partial charge in [-0.25, -0.2) is 4.79 Å². The summed E-state index contributed by atoms with van der Waals surface area (Å²) in [6.45, 7) is 7.91. The fourth-order valence-electron chi connectivity index (χ4n) is 2.22. The van der Waals surface area contributed by atoms with Crippen LogP contribution in [0.2, 0.25) is 0 Å². The first kappa shape index (κ1) is 20.9. The lowest BCUT2D eigenvalue weighted by Gasteiger charge is -2.27. The smallest absolute Gasteiger partial charge is 0.410 e. The van der Waals surface area contributed by atoms with Gasteiger partial charge in [0.15, 0.2) is 5.96 Å². The molecule has 0 heterocycles. The Balaban J connectivity index is 2.29. The predicted octanol–water partition coefficient (Wildman–Crippen LogP) is 2.69. The Morgan fingerprint density at radius 2 is 1.92 bits per heavy atom. The molecule has 0 saturated heterocycles. The molecular formula is C17H34N4O2S. The topological polar surface area (TPSA) is 66.0 Å². The van der Waals surface area contributed by atoms with Gasteiger partial charge in [0, 0.05) is 32.7 Å². The molecule has 1 aliphatic carbocycles. The summed E-state index contributed by atoms with van der Waals surface area (Å²) in [6.07, 6.45) is 6.40. The third-order valence-electron chi connectivity index (χ3n) is 3.55. The van der Waals surface area contributed by atoms with Crippen molar-refractivity contribution in [2.45, 2.75) is 58.1 Å². The van der Waals surface area contributed by atoms with Crippen molar-refractivity contribution in [3.05, 3.63) is 0 Å². The molecule has 0 aromatic heterocycles. The first-order valence-electron chi connectivity index (χ1n) is 8.80. The summed E-state index contributed by atoms with van der Waals surface area (Å²) in [5.74, 6) is 1.99. The number of ether oxygens (including phenoxy) is 1. The summed E-state index contributed by atoms with van der Waals surface area (Å²) in [6, 6.07) is 0.336. The average molecular weight is 359 g/mol. The fourth-order valence-corrected chi connectivity index (χ4v) is 2.72. The Morgan fingerprint density at radius 3 is 2.46 bits per heavy atom. The second-order valence-electron chi connectivity index (χ2n) is 7.03. The number of thioether (sulfide) groups is 1. The minimum atomic E-state index is -0.452. The van der Waals surface area contributed by atoms with E-state index in [0.29, 0.717) is 19.1 Å². The van der Waals surface area contributed by atoms with Crippen molar-refractivity contribution in [2.24, 2.45) is 4.99 Å². The monoisotopic (exact) mass is 358 g/mol. The van der Waals surface area contributed by atoms with Gasteiger partial charge < -0.3 is 20.3 Å². The molecule has 7 heteroatoms. The van der Waals surface area contributed by atoms with Crippen molar-refractivity contribution in [1.29, 1.82) is 0 Å². The number of hydrogen-bond donors (Lipinski definition) is 2. The Kier molecular flexibility index (Phi) is 9.33. The molecule has 2 N–H and O–H groups in total. The minimum absolute atomic E-state index is 0.216. The summed E-state index contributed by atoms with van der Waals surface area (Å²) < 4.78 is 5.50. The van der Waals surface area contributed by atoms with Gasteiger partial charge in [0.2, 0.25) is 0 Å². The van der Waals surface area contributed by atoms with E-state index in [1.54, 1.807) is 7.05 Å². The average Bonchev–Trinajstić information content (AvgIpc) is 3.32. The number of carbonyl (C=O) groups excluding carboxylic acids is 1. The molecule has 0 atom stereocenters. The van der Waals surface area contributed by atoms with E-state index in [-0.39, 0.29) is 6.09 Å². The van der Waals surface area contributed by atoms with Gasteiger partial charge >= 0.3 is 6.09 Å². The highest BCUT2D eigenvalue weighted by Crippen LogP contribution is 2.27. The van der Waals surface area contributed by atoms with Gasteiger partial charge in [0.05, 0.1) is 0 Å². The van der Waals surface area contributed by atoms with Crippen molar-refractivity contribution >= 4 is 23.8 Å². The van der Waals surface area contributed by atoms with Crippen LogP contribution in [0.5, 0.6) is 0 Å². The van der Waals surface area contributed by atoms with Crippen LogP contribution in [0.1, 0.15) is 46.5 Å². The highest BCUT2D eigenvalue weighted by atomic mass is 32.2. The number of amides is 1. The molecule has 1 rings (SSSR count). The van der Waals surface area contributed by atoms with E-state index >= 15 is 0 Å². The molecular weight excluding hydrogens is 324 g/mol. The molecule has 0 unspecified atom stereocenters. The van der Waals surface area contributed by atoms with E-state index < -0.39 is 5.60 Å². The van der Waals surface area contributed by atoms with Crippen LogP contribution in [0.25, 0.3) is 0 Å². The number of nitrogens with zero attached hydrogens (tertiary/aromatic N) is 2. The first-order chi connectivity index (χ1) is 11.4. The number of nitrogens with one attached hydrogen (secondary N) is 2. The van der Waals surface area contributed by atoms with Crippen molar-refractivity contribution in [2.75, 3.05) is 38.7 Å². The second-order valence-corrected chi connectivity index (χ2v) is 8.02. The first-order valence-corrected chi connectivity index (χ1v) is 10.2. The lowest BCUT2D eigenvalue weighted by atomic mass is 10.2. The van der Waals surface area contributed by atoms with Gasteiger partial charge in [-0.05, 0) is 58.5 Å². The maximum absolute atomic E-state index is 12.3. The maximum atomic E-state index is 12.3. The second kappa shape index (κ2) is 10.7. The van der Waals surface area contributed by atoms with E-state index in [1.807, 2.05) is 37.4 Å². The van der Waals surface area contributed by atoms with Gasteiger partial charge in [-0.15, -0.1) is 0 Å². The lowest BCUT2D eigenvalue weighted by Crippen LogP contribution is -2.45. The standard InChI is InChI=1S/C17H34N4O2S/c1-17(2,3)23-16(22)21(14-8-9-14)12-11-20-15(18-4)19-10-6-7-13-24-5/h14H,6-13H2,1-5H3,(H2,18,19,20).